The molecule has 1 N–H and O–H groups in total. The van der Waals surface area contributed by atoms with Crippen LogP contribution in [0.5, 0.6) is 0 Å². The van der Waals surface area contributed by atoms with Crippen LogP contribution in [-0.4, -0.2) is 11.4 Å². The van der Waals surface area contributed by atoms with E-state index in [4.69, 9.17) is 0 Å². The van der Waals surface area contributed by atoms with Gasteiger partial charge in [0.1, 0.15) is 0 Å². The number of halogens is 1. The molecule has 0 aromatic heterocycles. The van der Waals surface area contributed by atoms with Gasteiger partial charge in [-0.25, -0.2) is 0 Å². The first-order chi connectivity index (χ1) is 8.15. The Hall–Kier alpha value is -1.35. The first-order valence-corrected chi connectivity index (χ1v) is 6.37. The van der Waals surface area contributed by atoms with Gasteiger partial charge in [0.25, 0.3) is 4.82 Å². The van der Waals surface area contributed by atoms with E-state index >= 15 is 0 Å². The standard InChI is InChI=1S/C14H14BrNO/c1-10-2-4-13-9-11(3-5-12(13)8-10)6-7-16-14(15)17/h2-5,8-9H,6-7H2,1H3,(H,16,17). The summed E-state index contributed by atoms with van der Waals surface area (Å²) in [4.78, 5) is 10.5. The van der Waals surface area contributed by atoms with Crippen LogP contribution in [0.3, 0.4) is 0 Å². The smallest absolute Gasteiger partial charge is 0.287 e. The van der Waals surface area contributed by atoms with Crippen LogP contribution in [0.2, 0.25) is 0 Å². The minimum atomic E-state index is -0.158. The summed E-state index contributed by atoms with van der Waals surface area (Å²) < 4.78 is 0. The zero-order chi connectivity index (χ0) is 12.3. The van der Waals surface area contributed by atoms with Gasteiger partial charge in [0.15, 0.2) is 0 Å². The first kappa shape index (κ1) is 12.1. The second-order valence-electron chi connectivity index (χ2n) is 4.14. The van der Waals surface area contributed by atoms with Crippen molar-refractivity contribution in [1.82, 2.24) is 5.32 Å². The number of benzene rings is 2. The van der Waals surface area contributed by atoms with Gasteiger partial charge in [-0.05, 0) is 29.7 Å². The predicted octanol–water partition coefficient (Wildman–Crippen LogP) is 3.80. The molecule has 0 aliphatic heterocycles. The first-order valence-electron chi connectivity index (χ1n) is 5.58. The molecular weight excluding hydrogens is 278 g/mol. The van der Waals surface area contributed by atoms with Crippen LogP contribution in [0.4, 0.5) is 4.79 Å². The van der Waals surface area contributed by atoms with Crippen molar-refractivity contribution in [2.45, 2.75) is 13.3 Å². The van der Waals surface area contributed by atoms with Crippen LogP contribution in [0.1, 0.15) is 11.1 Å². The Bertz CT molecular complexity index is 551. The zero-order valence-electron chi connectivity index (χ0n) is 9.66. The van der Waals surface area contributed by atoms with E-state index in [0.29, 0.717) is 6.54 Å². The summed E-state index contributed by atoms with van der Waals surface area (Å²) in [6, 6.07) is 12.9. The normalized spacial score (nSPS) is 10.5. The molecule has 0 spiro atoms. The monoisotopic (exact) mass is 291 g/mol. The molecule has 0 radical (unpaired) electrons. The summed E-state index contributed by atoms with van der Waals surface area (Å²) in [5.41, 5.74) is 2.51. The van der Waals surface area contributed by atoms with Crippen molar-refractivity contribution in [3.8, 4) is 0 Å². The minimum absolute atomic E-state index is 0.158. The maximum atomic E-state index is 10.7. The molecule has 0 saturated heterocycles. The molecular formula is C14H14BrNO. The highest BCUT2D eigenvalue weighted by atomic mass is 79.9. The number of hydrogen-bond donors (Lipinski definition) is 1. The highest BCUT2D eigenvalue weighted by Gasteiger charge is 1.98. The fourth-order valence-corrected chi connectivity index (χ4v) is 2.07. The van der Waals surface area contributed by atoms with Gasteiger partial charge in [-0.3, -0.25) is 4.79 Å². The third-order valence-electron chi connectivity index (χ3n) is 2.74. The number of carbonyl (C=O) groups is 1. The van der Waals surface area contributed by atoms with E-state index in [1.807, 2.05) is 0 Å². The lowest BCUT2D eigenvalue weighted by Gasteiger charge is -2.05. The van der Waals surface area contributed by atoms with Crippen LogP contribution in [0.25, 0.3) is 10.8 Å². The van der Waals surface area contributed by atoms with E-state index in [9.17, 15) is 4.79 Å². The number of rotatable bonds is 3. The highest BCUT2D eigenvalue weighted by Crippen LogP contribution is 2.17. The molecule has 0 aliphatic rings. The van der Waals surface area contributed by atoms with Crippen molar-refractivity contribution in [1.29, 1.82) is 0 Å². The Morgan fingerprint density at radius 1 is 1.18 bits per heavy atom. The molecule has 0 heterocycles. The third-order valence-corrected chi connectivity index (χ3v) is 3.02. The third kappa shape index (κ3) is 3.30. The second-order valence-corrected chi connectivity index (χ2v) is 4.86. The predicted molar refractivity (Wildman–Crippen MR) is 74.7 cm³/mol. The lowest BCUT2D eigenvalue weighted by Crippen LogP contribution is -2.18. The van der Waals surface area contributed by atoms with Gasteiger partial charge in [-0.15, -0.1) is 0 Å². The van der Waals surface area contributed by atoms with Crippen molar-refractivity contribution in [2.75, 3.05) is 6.54 Å². The molecule has 0 unspecified atom stereocenters. The molecule has 0 saturated carbocycles. The fraction of sp³-hybridized carbons (Fsp3) is 0.214. The molecule has 2 rings (SSSR count). The fourth-order valence-electron chi connectivity index (χ4n) is 1.88. The van der Waals surface area contributed by atoms with E-state index in [1.54, 1.807) is 0 Å². The molecule has 2 aromatic carbocycles. The van der Waals surface area contributed by atoms with E-state index in [-0.39, 0.29) is 4.82 Å². The van der Waals surface area contributed by atoms with E-state index in [2.05, 4.69) is 64.6 Å². The number of amides is 1. The van der Waals surface area contributed by atoms with Crippen LogP contribution >= 0.6 is 15.9 Å². The van der Waals surface area contributed by atoms with E-state index in [0.717, 1.165) is 6.42 Å². The van der Waals surface area contributed by atoms with Gasteiger partial charge in [-0.2, -0.15) is 0 Å². The van der Waals surface area contributed by atoms with Crippen molar-refractivity contribution >= 4 is 31.5 Å². The van der Waals surface area contributed by atoms with Crippen molar-refractivity contribution in [3.63, 3.8) is 0 Å². The summed E-state index contributed by atoms with van der Waals surface area (Å²) >= 11 is 2.85. The molecule has 2 nitrogen and oxygen atoms in total. The van der Waals surface area contributed by atoms with Gasteiger partial charge in [0.05, 0.1) is 0 Å². The van der Waals surface area contributed by atoms with Crippen LogP contribution in [-0.2, 0) is 6.42 Å². The Labute approximate surface area is 109 Å². The average Bonchev–Trinajstić information content (AvgIpc) is 2.29. The van der Waals surface area contributed by atoms with Crippen molar-refractivity contribution in [2.24, 2.45) is 0 Å². The Morgan fingerprint density at radius 2 is 1.88 bits per heavy atom. The van der Waals surface area contributed by atoms with Crippen LogP contribution < -0.4 is 5.32 Å². The van der Waals surface area contributed by atoms with Gasteiger partial charge in [0.2, 0.25) is 0 Å². The molecule has 0 bridgehead atoms. The Morgan fingerprint density at radius 3 is 2.65 bits per heavy atom. The minimum Gasteiger partial charge on any atom is -0.346 e. The van der Waals surface area contributed by atoms with Crippen LogP contribution in [0.15, 0.2) is 36.4 Å². The van der Waals surface area contributed by atoms with Gasteiger partial charge >= 0.3 is 0 Å². The largest absolute Gasteiger partial charge is 0.346 e. The lowest BCUT2D eigenvalue weighted by atomic mass is 10.0. The number of aryl methyl sites for hydroxylation is 1. The average molecular weight is 292 g/mol. The van der Waals surface area contributed by atoms with E-state index < -0.39 is 0 Å². The van der Waals surface area contributed by atoms with Crippen LogP contribution in [0, 0.1) is 6.92 Å². The summed E-state index contributed by atoms with van der Waals surface area (Å²) in [6.07, 6.45) is 0.848. The molecule has 17 heavy (non-hydrogen) atoms. The molecule has 3 heteroatoms. The summed E-state index contributed by atoms with van der Waals surface area (Å²) in [6.45, 7) is 2.75. The van der Waals surface area contributed by atoms with Gasteiger partial charge in [0, 0.05) is 22.5 Å². The maximum absolute atomic E-state index is 10.7. The molecule has 0 aliphatic carbocycles. The number of carbonyl (C=O) groups excluding carboxylic acids is 1. The summed E-state index contributed by atoms with van der Waals surface area (Å²) in [7, 11) is 0. The molecule has 0 atom stereocenters. The number of fused-ring (bicyclic) bond motifs is 1. The number of nitrogens with one attached hydrogen (secondary N) is 1. The molecule has 88 valence electrons. The quantitative estimate of drug-likeness (QED) is 0.676. The van der Waals surface area contributed by atoms with Crippen molar-refractivity contribution < 1.29 is 4.79 Å². The van der Waals surface area contributed by atoms with Gasteiger partial charge in [-0.1, -0.05) is 42.0 Å². The Kier molecular flexibility index (Phi) is 3.79. The summed E-state index contributed by atoms with van der Waals surface area (Å²) in [5, 5.41) is 5.24. The maximum Gasteiger partial charge on any atom is 0.287 e. The number of hydrogen-bond acceptors (Lipinski definition) is 1. The Balaban J connectivity index is 2.14. The molecule has 2 aromatic rings. The topological polar surface area (TPSA) is 29.1 Å². The molecule has 0 fully saturated rings. The lowest BCUT2D eigenvalue weighted by molar-refractivity contribution is 0.262. The van der Waals surface area contributed by atoms with Crippen molar-refractivity contribution in [3.05, 3.63) is 47.5 Å². The van der Waals surface area contributed by atoms with E-state index in [1.165, 1.54) is 21.9 Å². The second kappa shape index (κ2) is 5.32. The zero-order valence-corrected chi connectivity index (χ0v) is 11.3. The summed E-state index contributed by atoms with van der Waals surface area (Å²) in [5.74, 6) is 0. The molecule has 1 amide bonds. The van der Waals surface area contributed by atoms with Gasteiger partial charge < -0.3 is 5.32 Å². The SMILES string of the molecule is Cc1ccc2cc(CCNC(=O)Br)ccc2c1. The highest BCUT2D eigenvalue weighted by molar-refractivity contribution is 9.18.